The normalized spacial score (nSPS) is 12.5. The molecule has 214 valence electrons. The molecular weight excluding hydrogens is 498 g/mol. The summed E-state index contributed by atoms with van der Waals surface area (Å²) in [7, 11) is 0. The van der Waals surface area contributed by atoms with Crippen LogP contribution in [0.25, 0.3) is 0 Å². The zero-order chi connectivity index (χ0) is 27.9. The Balaban J connectivity index is 4.16. The Morgan fingerprint density at radius 2 is 1.30 bits per heavy atom. The molecule has 10 nitrogen and oxygen atoms in total. The van der Waals surface area contributed by atoms with Gasteiger partial charge in [-0.05, 0) is 12.8 Å². The Bertz CT molecular complexity index is 691. The molecule has 0 bridgehead atoms. The van der Waals surface area contributed by atoms with Crippen molar-refractivity contribution in [2.24, 2.45) is 5.73 Å². The minimum absolute atomic E-state index is 0.0422. The highest BCUT2D eigenvalue weighted by atomic mass is 32.2. The first-order chi connectivity index (χ1) is 17.7. The van der Waals surface area contributed by atoms with Crippen LogP contribution in [0.3, 0.4) is 0 Å². The monoisotopic (exact) mass is 545 g/mol. The Labute approximate surface area is 225 Å². The molecule has 0 rings (SSSR count). The zero-order valence-corrected chi connectivity index (χ0v) is 23.1. The van der Waals surface area contributed by atoms with Crippen molar-refractivity contribution in [3.05, 3.63) is 0 Å². The van der Waals surface area contributed by atoms with Crippen LogP contribution in [0.15, 0.2) is 0 Å². The first kappa shape index (κ1) is 34.9. The molecule has 2 amide bonds. The Morgan fingerprint density at radius 3 is 1.78 bits per heavy atom. The second-order valence-electron chi connectivity index (χ2n) is 9.39. The van der Waals surface area contributed by atoms with Gasteiger partial charge in [-0.1, -0.05) is 95.7 Å². The fourth-order valence-corrected chi connectivity index (χ4v) is 4.56. The number of nitrogens with two attached hydrogens (primary N) is 1. The van der Waals surface area contributed by atoms with Gasteiger partial charge in [-0.15, -0.1) is 0 Å². The molecule has 0 aromatic carbocycles. The fraction of sp³-hybridized carbons (Fsp3) is 0.808. The van der Waals surface area contributed by atoms with Crippen LogP contribution in [-0.4, -0.2) is 63.5 Å². The van der Waals surface area contributed by atoms with Crippen molar-refractivity contribution in [2.45, 2.75) is 122 Å². The van der Waals surface area contributed by atoms with Gasteiger partial charge >= 0.3 is 11.9 Å². The molecule has 0 aliphatic heterocycles. The number of rotatable bonds is 24. The topological polar surface area (TPSA) is 176 Å². The molecule has 37 heavy (non-hydrogen) atoms. The first-order valence-electron chi connectivity index (χ1n) is 13.6. The maximum Gasteiger partial charge on any atom is 0.322 e. The van der Waals surface area contributed by atoms with Crippen molar-refractivity contribution >= 4 is 40.6 Å². The van der Waals surface area contributed by atoms with E-state index in [0.29, 0.717) is 6.42 Å². The summed E-state index contributed by atoms with van der Waals surface area (Å²) in [6.45, 7) is 1.61. The molecule has 0 heterocycles. The van der Waals surface area contributed by atoms with Gasteiger partial charge in [0.15, 0.2) is 5.12 Å². The van der Waals surface area contributed by atoms with Gasteiger partial charge < -0.3 is 26.6 Å². The van der Waals surface area contributed by atoms with E-state index in [1.54, 1.807) is 0 Å². The van der Waals surface area contributed by atoms with Gasteiger partial charge in [0.1, 0.15) is 18.6 Å². The van der Waals surface area contributed by atoms with Crippen LogP contribution in [0.4, 0.5) is 0 Å². The SMILES string of the molecule is CCCCCCCCCCCCCCCC(=O)SCC(NC(=O)CCC(N)C(=O)O)C(=O)NCC(=O)O. The van der Waals surface area contributed by atoms with Gasteiger partial charge in [-0.25, -0.2) is 0 Å². The smallest absolute Gasteiger partial charge is 0.322 e. The molecule has 2 unspecified atom stereocenters. The van der Waals surface area contributed by atoms with Crippen LogP contribution >= 0.6 is 11.8 Å². The van der Waals surface area contributed by atoms with E-state index in [1.807, 2.05) is 0 Å². The van der Waals surface area contributed by atoms with Crippen molar-refractivity contribution in [3.8, 4) is 0 Å². The molecule has 6 N–H and O–H groups in total. The molecule has 11 heteroatoms. The minimum Gasteiger partial charge on any atom is -0.480 e. The van der Waals surface area contributed by atoms with Crippen LogP contribution in [0, 0.1) is 0 Å². The van der Waals surface area contributed by atoms with E-state index in [4.69, 9.17) is 15.9 Å². The summed E-state index contributed by atoms with van der Waals surface area (Å²) in [6, 6.07) is -2.32. The second kappa shape index (κ2) is 23.0. The molecule has 0 aromatic rings. The highest BCUT2D eigenvalue weighted by molar-refractivity contribution is 8.13. The largest absolute Gasteiger partial charge is 0.480 e. The number of carboxylic acid groups (broad SMARTS) is 2. The predicted octanol–water partition coefficient (Wildman–Crippen LogP) is 3.61. The zero-order valence-electron chi connectivity index (χ0n) is 22.3. The summed E-state index contributed by atoms with van der Waals surface area (Å²) in [5.74, 6) is -3.84. The van der Waals surface area contributed by atoms with Crippen molar-refractivity contribution in [1.82, 2.24) is 10.6 Å². The van der Waals surface area contributed by atoms with Gasteiger partial charge in [0.2, 0.25) is 11.8 Å². The van der Waals surface area contributed by atoms with Gasteiger partial charge in [0, 0.05) is 18.6 Å². The lowest BCUT2D eigenvalue weighted by Gasteiger charge is -2.18. The molecular formula is C26H47N3O7S. The van der Waals surface area contributed by atoms with E-state index in [-0.39, 0.29) is 23.7 Å². The number of thioether (sulfide) groups is 1. The maximum atomic E-state index is 12.3. The minimum atomic E-state index is -1.24. The van der Waals surface area contributed by atoms with Crippen molar-refractivity contribution in [1.29, 1.82) is 0 Å². The highest BCUT2D eigenvalue weighted by Crippen LogP contribution is 2.15. The number of hydrogen-bond donors (Lipinski definition) is 5. The summed E-state index contributed by atoms with van der Waals surface area (Å²) in [6.07, 6.45) is 15.8. The molecule has 2 atom stereocenters. The van der Waals surface area contributed by atoms with E-state index < -0.39 is 42.4 Å². The van der Waals surface area contributed by atoms with E-state index in [2.05, 4.69) is 17.6 Å². The third-order valence-corrected chi connectivity index (χ3v) is 6.99. The van der Waals surface area contributed by atoms with Crippen LogP contribution < -0.4 is 16.4 Å². The lowest BCUT2D eigenvalue weighted by atomic mass is 10.0. The van der Waals surface area contributed by atoms with E-state index in [1.165, 1.54) is 64.2 Å². The van der Waals surface area contributed by atoms with Crippen LogP contribution in [0.5, 0.6) is 0 Å². The second-order valence-corrected chi connectivity index (χ2v) is 10.5. The Kier molecular flexibility index (Phi) is 21.7. The number of amides is 2. The number of carboxylic acids is 2. The molecule has 0 saturated heterocycles. The molecule has 0 fully saturated rings. The first-order valence-corrected chi connectivity index (χ1v) is 14.6. The number of carbonyl (C=O) groups is 5. The van der Waals surface area contributed by atoms with E-state index in [9.17, 15) is 24.0 Å². The van der Waals surface area contributed by atoms with Gasteiger partial charge in [-0.3, -0.25) is 24.0 Å². The summed E-state index contributed by atoms with van der Waals surface area (Å²) in [5.41, 5.74) is 5.38. The molecule has 0 spiro atoms. The predicted molar refractivity (Wildman–Crippen MR) is 145 cm³/mol. The lowest BCUT2D eigenvalue weighted by molar-refractivity contribution is -0.139. The summed E-state index contributed by atoms with van der Waals surface area (Å²) in [5, 5.41) is 22.1. The standard InChI is InChI=1S/C26H47N3O7S/c1-2-3-4-5-6-7-8-9-10-11-12-13-14-15-24(33)37-19-21(25(34)28-18-23(31)32)29-22(30)17-16-20(27)26(35)36/h20-21H,2-19,27H2,1H3,(H,28,34)(H,29,30)(H,31,32)(H,35,36). The highest BCUT2D eigenvalue weighted by Gasteiger charge is 2.23. The van der Waals surface area contributed by atoms with Gasteiger partial charge in [0.25, 0.3) is 0 Å². The average molecular weight is 546 g/mol. The van der Waals surface area contributed by atoms with Gasteiger partial charge in [-0.2, -0.15) is 0 Å². The van der Waals surface area contributed by atoms with Crippen LogP contribution in [0.1, 0.15) is 110 Å². The third kappa shape index (κ3) is 21.6. The lowest BCUT2D eigenvalue weighted by Crippen LogP contribution is -2.49. The fourth-order valence-electron chi connectivity index (χ4n) is 3.68. The van der Waals surface area contributed by atoms with Crippen molar-refractivity contribution in [3.63, 3.8) is 0 Å². The van der Waals surface area contributed by atoms with Crippen LogP contribution in [0.2, 0.25) is 0 Å². The number of aliphatic carboxylic acids is 2. The number of unbranched alkanes of at least 4 members (excludes halogenated alkanes) is 12. The summed E-state index contributed by atoms with van der Waals surface area (Å²) < 4.78 is 0. The van der Waals surface area contributed by atoms with Crippen LogP contribution in [-0.2, 0) is 24.0 Å². The summed E-state index contributed by atoms with van der Waals surface area (Å²) >= 11 is 0.922. The molecule has 0 radical (unpaired) electrons. The van der Waals surface area contributed by atoms with E-state index >= 15 is 0 Å². The van der Waals surface area contributed by atoms with Gasteiger partial charge in [0.05, 0.1) is 0 Å². The Hall–Kier alpha value is -2.14. The maximum absolute atomic E-state index is 12.3. The van der Waals surface area contributed by atoms with Crippen molar-refractivity contribution in [2.75, 3.05) is 12.3 Å². The quantitative estimate of drug-likeness (QED) is 0.113. The van der Waals surface area contributed by atoms with E-state index in [0.717, 1.165) is 31.0 Å². The van der Waals surface area contributed by atoms with Crippen molar-refractivity contribution < 1.29 is 34.2 Å². The summed E-state index contributed by atoms with van der Waals surface area (Å²) in [4.78, 5) is 58.2. The molecule has 0 aromatic heterocycles. The Morgan fingerprint density at radius 1 is 0.784 bits per heavy atom. The molecule has 0 aliphatic carbocycles. The number of carbonyl (C=O) groups excluding carboxylic acids is 3. The third-order valence-electron chi connectivity index (χ3n) is 5.96. The average Bonchev–Trinajstić information content (AvgIpc) is 2.86. The number of nitrogens with one attached hydrogen (secondary N) is 2. The molecule has 0 saturated carbocycles. The number of hydrogen-bond acceptors (Lipinski definition) is 7. The molecule has 0 aliphatic rings.